The summed E-state index contributed by atoms with van der Waals surface area (Å²) in [6, 6.07) is 0. The lowest BCUT2D eigenvalue weighted by Crippen LogP contribution is -2.52. The molecule has 0 aliphatic rings. The van der Waals surface area contributed by atoms with Crippen LogP contribution in [0.25, 0.3) is 0 Å². The SMILES string of the molecule is O=C(NCCOP(=O)(O)O)[C@H](O)[C@@H](O)[C@@H](O)[C@H](O)CO. The van der Waals surface area contributed by atoms with Gasteiger partial charge in [-0.3, -0.25) is 9.32 Å². The molecule has 12 heteroatoms. The number of carbonyl (C=O) groups excluding carboxylic acids is 1. The summed E-state index contributed by atoms with van der Waals surface area (Å²) in [5.74, 6) is -1.16. The van der Waals surface area contributed by atoms with Gasteiger partial charge in [0.25, 0.3) is 5.91 Å². The Hall–Kier alpha value is -0.620. The second-order valence-corrected chi connectivity index (χ2v) is 5.03. The van der Waals surface area contributed by atoms with Gasteiger partial charge in [-0.25, -0.2) is 4.57 Å². The van der Waals surface area contributed by atoms with Crippen molar-refractivity contribution in [1.29, 1.82) is 0 Å². The van der Waals surface area contributed by atoms with E-state index in [0.717, 1.165) is 0 Å². The van der Waals surface area contributed by atoms with E-state index in [4.69, 9.17) is 20.0 Å². The number of aliphatic hydroxyl groups excluding tert-OH is 5. The van der Waals surface area contributed by atoms with Crippen molar-refractivity contribution in [3.63, 3.8) is 0 Å². The molecule has 1 amide bonds. The molecule has 0 spiro atoms. The van der Waals surface area contributed by atoms with Gasteiger partial charge >= 0.3 is 7.82 Å². The van der Waals surface area contributed by atoms with E-state index in [1.54, 1.807) is 0 Å². The fraction of sp³-hybridized carbons (Fsp3) is 0.875. The lowest BCUT2D eigenvalue weighted by atomic mass is 10.0. The van der Waals surface area contributed by atoms with E-state index in [1.807, 2.05) is 5.32 Å². The maximum atomic E-state index is 11.3. The Kier molecular flexibility index (Phi) is 8.35. The van der Waals surface area contributed by atoms with Crippen molar-refractivity contribution < 1.29 is 49.2 Å². The van der Waals surface area contributed by atoms with Gasteiger partial charge in [-0.1, -0.05) is 0 Å². The van der Waals surface area contributed by atoms with Crippen LogP contribution in [0.3, 0.4) is 0 Å². The molecule has 0 aliphatic heterocycles. The van der Waals surface area contributed by atoms with Crippen LogP contribution in [0.2, 0.25) is 0 Å². The lowest BCUT2D eigenvalue weighted by molar-refractivity contribution is -0.149. The third kappa shape index (κ3) is 7.24. The molecule has 0 aromatic carbocycles. The molecule has 0 bridgehead atoms. The van der Waals surface area contributed by atoms with Gasteiger partial charge in [-0.05, 0) is 0 Å². The van der Waals surface area contributed by atoms with Crippen molar-refractivity contribution in [3.8, 4) is 0 Å². The van der Waals surface area contributed by atoms with Gasteiger partial charge in [0.15, 0.2) is 6.10 Å². The van der Waals surface area contributed by atoms with Crippen LogP contribution in [0.1, 0.15) is 0 Å². The molecular weight excluding hydrogens is 301 g/mol. The summed E-state index contributed by atoms with van der Waals surface area (Å²) in [6.45, 7) is -1.80. The normalized spacial score (nSPS) is 18.1. The lowest BCUT2D eigenvalue weighted by Gasteiger charge is -2.24. The Morgan fingerprint density at radius 3 is 2.15 bits per heavy atom. The zero-order valence-electron chi connectivity index (χ0n) is 10.2. The highest BCUT2D eigenvalue weighted by Gasteiger charge is 2.33. The van der Waals surface area contributed by atoms with Crippen molar-refractivity contribution in [3.05, 3.63) is 0 Å². The molecule has 120 valence electrons. The predicted molar refractivity (Wildman–Crippen MR) is 62.1 cm³/mol. The van der Waals surface area contributed by atoms with Crippen LogP contribution in [0.4, 0.5) is 0 Å². The maximum absolute atomic E-state index is 11.3. The predicted octanol–water partition coefficient (Wildman–Crippen LogP) is -4.35. The number of aliphatic hydroxyl groups is 5. The summed E-state index contributed by atoms with van der Waals surface area (Å²) in [7, 11) is -4.67. The van der Waals surface area contributed by atoms with Crippen LogP contribution in [-0.2, 0) is 13.9 Å². The number of carbonyl (C=O) groups is 1. The third-order valence-corrected chi connectivity index (χ3v) is 2.70. The number of phosphoric ester groups is 1. The molecule has 0 rings (SSSR count). The molecule has 0 aliphatic carbocycles. The summed E-state index contributed by atoms with van der Waals surface area (Å²) in [5, 5.41) is 47.5. The first-order chi connectivity index (χ1) is 9.10. The van der Waals surface area contributed by atoms with Crippen molar-refractivity contribution in [2.45, 2.75) is 24.4 Å². The molecule has 8 N–H and O–H groups in total. The maximum Gasteiger partial charge on any atom is 0.469 e. The molecule has 11 nitrogen and oxygen atoms in total. The summed E-state index contributed by atoms with van der Waals surface area (Å²) in [5.41, 5.74) is 0. The Balaban J connectivity index is 4.17. The first-order valence-electron chi connectivity index (χ1n) is 5.41. The van der Waals surface area contributed by atoms with Crippen LogP contribution in [0, 0.1) is 0 Å². The van der Waals surface area contributed by atoms with Crippen molar-refractivity contribution >= 4 is 13.7 Å². The third-order valence-electron chi connectivity index (χ3n) is 2.18. The van der Waals surface area contributed by atoms with Crippen LogP contribution in [-0.4, -0.2) is 85.4 Å². The van der Waals surface area contributed by atoms with Gasteiger partial charge in [0.2, 0.25) is 0 Å². The molecule has 0 radical (unpaired) electrons. The summed E-state index contributed by atoms with van der Waals surface area (Å²) in [6.07, 6.45) is -7.86. The number of nitrogens with one attached hydrogen (secondary N) is 1. The Morgan fingerprint density at radius 2 is 1.70 bits per heavy atom. The summed E-state index contributed by atoms with van der Waals surface area (Å²) < 4.78 is 14.3. The van der Waals surface area contributed by atoms with Gasteiger partial charge in [-0.2, -0.15) is 0 Å². The average molecular weight is 319 g/mol. The van der Waals surface area contributed by atoms with E-state index in [1.165, 1.54) is 0 Å². The Labute approximate surface area is 113 Å². The van der Waals surface area contributed by atoms with Crippen molar-refractivity contribution in [2.24, 2.45) is 0 Å². The van der Waals surface area contributed by atoms with Crippen LogP contribution >= 0.6 is 7.82 Å². The quantitative estimate of drug-likeness (QED) is 0.152. The molecule has 0 heterocycles. The molecule has 20 heavy (non-hydrogen) atoms. The zero-order chi connectivity index (χ0) is 15.9. The number of amides is 1. The molecule has 0 aromatic rings. The minimum Gasteiger partial charge on any atom is -0.394 e. The average Bonchev–Trinajstić information content (AvgIpc) is 2.38. The monoisotopic (exact) mass is 319 g/mol. The standard InChI is InChI=1S/C8H18NO10P/c10-3-4(11)5(12)6(13)7(14)8(15)9-1-2-19-20(16,17)18/h4-7,10-14H,1-3H2,(H,9,15)(H2,16,17,18)/t4-,5+,6+,7-/m1/s1. The number of hydrogen-bond acceptors (Lipinski definition) is 8. The molecular formula is C8H18NO10P. The van der Waals surface area contributed by atoms with E-state index >= 15 is 0 Å². The number of phosphoric acid groups is 1. The number of rotatable bonds is 9. The summed E-state index contributed by atoms with van der Waals surface area (Å²) >= 11 is 0. The van der Waals surface area contributed by atoms with E-state index in [9.17, 15) is 24.7 Å². The van der Waals surface area contributed by atoms with E-state index in [0.29, 0.717) is 0 Å². The van der Waals surface area contributed by atoms with E-state index in [-0.39, 0.29) is 6.54 Å². The van der Waals surface area contributed by atoms with Gasteiger partial charge in [0.05, 0.1) is 13.2 Å². The fourth-order valence-electron chi connectivity index (χ4n) is 1.12. The second kappa shape index (κ2) is 8.62. The highest BCUT2D eigenvalue weighted by Crippen LogP contribution is 2.35. The first kappa shape index (κ1) is 19.4. The van der Waals surface area contributed by atoms with E-state index < -0.39 is 51.4 Å². The van der Waals surface area contributed by atoms with E-state index in [2.05, 4.69) is 4.52 Å². The highest BCUT2D eigenvalue weighted by molar-refractivity contribution is 7.46. The van der Waals surface area contributed by atoms with Crippen LogP contribution < -0.4 is 5.32 Å². The minimum atomic E-state index is -4.67. The van der Waals surface area contributed by atoms with Gasteiger partial charge < -0.3 is 40.6 Å². The topological polar surface area (TPSA) is 197 Å². The first-order valence-corrected chi connectivity index (χ1v) is 6.94. The zero-order valence-corrected chi connectivity index (χ0v) is 11.1. The Bertz CT molecular complexity index is 346. The second-order valence-electron chi connectivity index (χ2n) is 3.79. The van der Waals surface area contributed by atoms with Crippen LogP contribution in [0.15, 0.2) is 0 Å². The van der Waals surface area contributed by atoms with Gasteiger partial charge in [0, 0.05) is 6.54 Å². The largest absolute Gasteiger partial charge is 0.469 e. The fourth-order valence-corrected chi connectivity index (χ4v) is 1.45. The Morgan fingerprint density at radius 1 is 1.15 bits per heavy atom. The minimum absolute atomic E-state index is 0.369. The number of hydrogen-bond donors (Lipinski definition) is 8. The molecule has 0 unspecified atom stereocenters. The summed E-state index contributed by atoms with van der Waals surface area (Å²) in [4.78, 5) is 28.0. The van der Waals surface area contributed by atoms with Crippen LogP contribution in [0.5, 0.6) is 0 Å². The molecule has 0 fully saturated rings. The van der Waals surface area contributed by atoms with Crippen molar-refractivity contribution in [2.75, 3.05) is 19.8 Å². The highest BCUT2D eigenvalue weighted by atomic mass is 31.2. The van der Waals surface area contributed by atoms with Gasteiger partial charge in [0.1, 0.15) is 18.3 Å². The smallest absolute Gasteiger partial charge is 0.394 e. The van der Waals surface area contributed by atoms with Gasteiger partial charge in [-0.15, -0.1) is 0 Å². The molecule has 0 aromatic heterocycles. The molecule has 4 atom stereocenters. The molecule has 0 saturated carbocycles. The molecule has 0 saturated heterocycles. The van der Waals surface area contributed by atoms with Crippen molar-refractivity contribution in [1.82, 2.24) is 5.32 Å².